The number of ether oxygens (including phenoxy) is 12. The predicted octanol–water partition coefficient (Wildman–Crippen LogP) is 11.9. The Morgan fingerprint density at radius 1 is 0.535 bits per heavy atom. The highest BCUT2D eigenvalue weighted by atomic mass is 16.7. The minimum absolute atomic E-state index is 0.0314. The van der Waals surface area contributed by atoms with Crippen LogP contribution in [0.15, 0.2) is 84.9 Å². The Balaban J connectivity index is 1.10. The van der Waals surface area contributed by atoms with Crippen LogP contribution in [0.5, 0.6) is 17.2 Å². The molecule has 12 nitrogen and oxygen atoms in total. The van der Waals surface area contributed by atoms with Crippen molar-refractivity contribution in [3.63, 3.8) is 0 Å². The first-order valence-corrected chi connectivity index (χ1v) is 25.7. The summed E-state index contributed by atoms with van der Waals surface area (Å²) in [5, 5.41) is 0. The Morgan fingerprint density at radius 2 is 0.915 bits per heavy atom. The van der Waals surface area contributed by atoms with Gasteiger partial charge in [0, 0.05) is 57.3 Å². The van der Waals surface area contributed by atoms with Crippen LogP contribution in [-0.4, -0.2) is 93.6 Å². The van der Waals surface area contributed by atoms with Crippen LogP contribution in [0.2, 0.25) is 0 Å². The Kier molecular flexibility index (Phi) is 20.8. The first kappa shape index (κ1) is 56.3. The number of methoxy groups -OCH3 is 3. The molecular weight excluding hydrogens is 901 g/mol. The molecule has 0 spiro atoms. The lowest BCUT2D eigenvalue weighted by Gasteiger charge is -2.45. The van der Waals surface area contributed by atoms with Gasteiger partial charge in [0.05, 0.1) is 96.1 Å². The summed E-state index contributed by atoms with van der Waals surface area (Å²) < 4.78 is 75.6. The van der Waals surface area contributed by atoms with E-state index in [1.807, 2.05) is 102 Å². The normalized spacial score (nSPS) is 25.7. The highest BCUT2D eigenvalue weighted by Crippen LogP contribution is 2.38. The number of hydrogen-bond donors (Lipinski definition) is 0. The lowest BCUT2D eigenvalue weighted by molar-refractivity contribution is -0.324. The van der Waals surface area contributed by atoms with Crippen LogP contribution in [0.4, 0.5) is 0 Å². The molecule has 6 rings (SSSR count). The van der Waals surface area contributed by atoms with Gasteiger partial charge < -0.3 is 56.8 Å². The van der Waals surface area contributed by atoms with Gasteiger partial charge in [-0.05, 0) is 101 Å². The lowest BCUT2D eigenvalue weighted by atomic mass is 9.92. The Hall–Kier alpha value is -4.00. The molecule has 0 aliphatic carbocycles. The molecule has 3 aliphatic rings. The summed E-state index contributed by atoms with van der Waals surface area (Å²) in [6.45, 7) is 20.0. The van der Waals surface area contributed by atoms with E-state index in [1.165, 1.54) is 0 Å². The Bertz CT molecular complexity index is 2090. The third kappa shape index (κ3) is 18.5. The average molecular weight is 985 g/mol. The fourth-order valence-electron chi connectivity index (χ4n) is 10.3. The van der Waals surface area contributed by atoms with Gasteiger partial charge in [-0.15, -0.1) is 12.3 Å². The number of hydrogen-bond acceptors (Lipinski definition) is 12. The molecule has 10 atom stereocenters. The zero-order valence-electron chi connectivity index (χ0n) is 44.7. The minimum atomic E-state index is -0.822. The summed E-state index contributed by atoms with van der Waals surface area (Å²) in [6, 6.07) is 23.9. The highest BCUT2D eigenvalue weighted by molar-refractivity contribution is 5.28. The first-order valence-electron chi connectivity index (χ1n) is 25.7. The van der Waals surface area contributed by atoms with Crippen LogP contribution >= 0.6 is 0 Å². The molecule has 0 radical (unpaired) electrons. The second-order valence-electron chi connectivity index (χ2n) is 21.3. The predicted molar refractivity (Wildman–Crippen MR) is 275 cm³/mol. The Morgan fingerprint density at radius 3 is 1.35 bits per heavy atom. The maximum Gasteiger partial charge on any atom is 0.163 e. The van der Waals surface area contributed by atoms with E-state index in [1.54, 1.807) is 21.3 Å². The van der Waals surface area contributed by atoms with Gasteiger partial charge in [-0.25, -0.2) is 0 Å². The third-order valence-electron chi connectivity index (χ3n) is 13.4. The third-order valence-corrected chi connectivity index (χ3v) is 13.4. The van der Waals surface area contributed by atoms with E-state index >= 15 is 0 Å². The molecule has 0 unspecified atom stereocenters. The second-order valence-corrected chi connectivity index (χ2v) is 21.3. The van der Waals surface area contributed by atoms with Gasteiger partial charge in [0.1, 0.15) is 17.2 Å². The summed E-state index contributed by atoms with van der Waals surface area (Å²) in [5.41, 5.74) is 3.21. The molecule has 3 fully saturated rings. The summed E-state index contributed by atoms with van der Waals surface area (Å²) in [7, 11) is 5.01. The van der Waals surface area contributed by atoms with Crippen molar-refractivity contribution in [3.05, 3.63) is 102 Å². The van der Waals surface area contributed by atoms with Gasteiger partial charge in [0.2, 0.25) is 0 Å². The number of benzene rings is 3. The van der Waals surface area contributed by atoms with E-state index in [0.29, 0.717) is 77.1 Å². The van der Waals surface area contributed by atoms with Gasteiger partial charge in [-0.2, -0.15) is 0 Å². The molecular formula is C59H84O12. The number of rotatable bonds is 25. The molecule has 71 heavy (non-hydrogen) atoms. The zero-order valence-corrected chi connectivity index (χ0v) is 44.7. The lowest BCUT2D eigenvalue weighted by Crippen LogP contribution is -2.50. The Labute approximate surface area is 425 Å². The van der Waals surface area contributed by atoms with E-state index in [0.717, 1.165) is 33.9 Å². The maximum absolute atomic E-state index is 6.85. The van der Waals surface area contributed by atoms with Crippen molar-refractivity contribution in [2.24, 2.45) is 11.8 Å². The molecule has 3 aliphatic heterocycles. The van der Waals surface area contributed by atoms with Crippen molar-refractivity contribution < 1.29 is 56.8 Å². The van der Waals surface area contributed by atoms with Crippen molar-refractivity contribution in [1.82, 2.24) is 0 Å². The average Bonchev–Trinajstić information content (AvgIpc) is 3.31. The largest absolute Gasteiger partial charge is 0.497 e. The molecule has 0 N–H and O–H groups in total. The highest BCUT2D eigenvalue weighted by Gasteiger charge is 2.43. The van der Waals surface area contributed by atoms with Gasteiger partial charge in [0.15, 0.2) is 17.4 Å². The first-order chi connectivity index (χ1) is 33.8. The van der Waals surface area contributed by atoms with Crippen molar-refractivity contribution in [1.29, 1.82) is 0 Å². The van der Waals surface area contributed by atoms with E-state index in [9.17, 15) is 0 Å². The van der Waals surface area contributed by atoms with Crippen LogP contribution < -0.4 is 14.2 Å². The molecule has 3 aromatic carbocycles. The molecule has 0 saturated carbocycles. The molecule has 392 valence electrons. The quantitative estimate of drug-likeness (QED) is 0.0595. The second kappa shape index (κ2) is 26.3. The van der Waals surface area contributed by atoms with Gasteiger partial charge in [0.25, 0.3) is 0 Å². The summed E-state index contributed by atoms with van der Waals surface area (Å²) >= 11 is 0. The van der Waals surface area contributed by atoms with Crippen molar-refractivity contribution >= 4 is 0 Å². The molecule has 0 amide bonds. The van der Waals surface area contributed by atoms with Gasteiger partial charge >= 0.3 is 0 Å². The van der Waals surface area contributed by atoms with Crippen molar-refractivity contribution in [2.45, 2.75) is 206 Å². The fraction of sp³-hybridized carbons (Fsp3) is 0.627. The summed E-state index contributed by atoms with van der Waals surface area (Å²) in [4.78, 5) is 0. The van der Waals surface area contributed by atoms with E-state index < -0.39 is 17.4 Å². The molecule has 3 aromatic rings. The van der Waals surface area contributed by atoms with Crippen LogP contribution in [0.3, 0.4) is 0 Å². The zero-order chi connectivity index (χ0) is 51.2. The van der Waals surface area contributed by atoms with Gasteiger partial charge in [-0.3, -0.25) is 0 Å². The molecule has 0 bridgehead atoms. The van der Waals surface area contributed by atoms with Crippen LogP contribution in [0.1, 0.15) is 130 Å². The maximum atomic E-state index is 6.85. The van der Waals surface area contributed by atoms with Crippen LogP contribution in [0.25, 0.3) is 0 Å². The smallest absolute Gasteiger partial charge is 0.163 e. The van der Waals surface area contributed by atoms with E-state index in [2.05, 4.69) is 51.0 Å². The minimum Gasteiger partial charge on any atom is -0.497 e. The fourth-order valence-corrected chi connectivity index (χ4v) is 10.3. The topological polar surface area (TPSA) is 111 Å². The van der Waals surface area contributed by atoms with E-state index in [4.69, 9.17) is 63.3 Å². The summed E-state index contributed by atoms with van der Waals surface area (Å²) in [6.07, 6.45) is 14.4. The molecule has 0 aromatic heterocycles. The van der Waals surface area contributed by atoms with Crippen molar-refractivity contribution in [2.75, 3.05) is 21.3 Å². The SMILES string of the molecule is C#CC[C@@H](C[C@H]1C[C@@H](C[C@H](C[C@H]2C[C@@H](C[C@@H]3C[C@H](/C=C/[C@H](C)[C@@H](OCc4ccc(OC)cc4)C(C)C)OC(C)(C)O3)OC(C)(C)O2)OCc2ccc(OC)cc2)OC(C)(C)O1)OCc1ccc(OC)cc1. The molecule has 3 heterocycles. The standard InChI is InChI=1S/C59H84O12/c1-14-15-48(63-37-42-17-24-45(60-11)25-18-42)30-51-34-53(69-58(7,8)67-51)32-50(64-38-43-19-26-46(61-12)27-20-43)33-54-36-55(71-59(9,10)70-54)35-52-31-49(66-57(5,6)68-52)23-16-41(4)56(40(2)3)65-39-44-21-28-47(62-13)29-22-44/h1,16-29,40-41,48-56H,15,30-39H2,2-13H3/b23-16+/t41-,48-,49-,50+,51-,52-,53+,54-,55+,56-/m0/s1. The van der Waals surface area contributed by atoms with Gasteiger partial charge in [-0.1, -0.05) is 69.3 Å². The molecule has 3 saturated heterocycles. The van der Waals surface area contributed by atoms with Crippen LogP contribution in [0, 0.1) is 24.2 Å². The number of terminal acetylenes is 1. The van der Waals surface area contributed by atoms with E-state index in [-0.39, 0.29) is 60.9 Å². The van der Waals surface area contributed by atoms with Crippen molar-refractivity contribution in [3.8, 4) is 29.6 Å². The molecule has 12 heteroatoms. The van der Waals surface area contributed by atoms with Crippen LogP contribution in [-0.2, 0) is 62.5 Å². The monoisotopic (exact) mass is 985 g/mol. The summed E-state index contributed by atoms with van der Waals surface area (Å²) in [5.74, 6) is 3.33.